The van der Waals surface area contributed by atoms with Gasteiger partial charge in [0.2, 0.25) is 0 Å². The highest BCUT2D eigenvalue weighted by Gasteiger charge is 2.26. The third kappa shape index (κ3) is 2.99. The number of benzene rings is 1. The second kappa shape index (κ2) is 4.78. The molecule has 1 aromatic carbocycles. The van der Waals surface area contributed by atoms with Crippen molar-refractivity contribution >= 4 is 5.97 Å². The van der Waals surface area contributed by atoms with Gasteiger partial charge in [-0.1, -0.05) is 33.8 Å². The fraction of sp³-hybridized carbons (Fsp3) is 0.500. The highest BCUT2D eigenvalue weighted by Crippen LogP contribution is 2.34. The first-order valence-corrected chi connectivity index (χ1v) is 5.83. The van der Waals surface area contributed by atoms with Crippen LogP contribution in [0, 0.1) is 0 Å². The molecule has 1 unspecified atom stereocenters. The van der Waals surface area contributed by atoms with Crippen molar-refractivity contribution in [3.63, 3.8) is 0 Å². The maximum atomic E-state index is 11.2. The van der Waals surface area contributed by atoms with Crippen LogP contribution in [-0.2, 0) is 10.2 Å². The van der Waals surface area contributed by atoms with Crippen molar-refractivity contribution in [3.05, 3.63) is 29.3 Å². The molecule has 0 saturated heterocycles. The van der Waals surface area contributed by atoms with Gasteiger partial charge >= 0.3 is 5.97 Å². The number of phenolic OH excluding ortho intramolecular Hbond substituents is 1. The molecule has 0 aliphatic rings. The van der Waals surface area contributed by atoms with E-state index in [4.69, 9.17) is 0 Å². The minimum atomic E-state index is -0.816. The molecule has 1 atom stereocenters. The topological polar surface area (TPSA) is 57.5 Å². The highest BCUT2D eigenvalue weighted by molar-refractivity contribution is 5.77. The number of carbonyl (C=O) groups is 1. The number of rotatable bonds is 3. The van der Waals surface area contributed by atoms with Crippen LogP contribution in [0.3, 0.4) is 0 Å². The Hall–Kier alpha value is -1.51. The molecule has 0 amide bonds. The number of phenols is 1. The molecule has 0 spiro atoms. The van der Waals surface area contributed by atoms with Gasteiger partial charge in [-0.3, -0.25) is 4.79 Å². The summed E-state index contributed by atoms with van der Waals surface area (Å²) in [5.74, 6) is -1.15. The van der Waals surface area contributed by atoms with Gasteiger partial charge in [0.15, 0.2) is 0 Å². The summed E-state index contributed by atoms with van der Waals surface area (Å²) >= 11 is 0. The van der Waals surface area contributed by atoms with Gasteiger partial charge in [-0.15, -0.1) is 0 Å². The first-order valence-electron chi connectivity index (χ1n) is 5.83. The summed E-state index contributed by atoms with van der Waals surface area (Å²) in [4.78, 5) is 11.2. The van der Waals surface area contributed by atoms with Crippen LogP contribution in [0.25, 0.3) is 0 Å². The third-order valence-electron chi connectivity index (χ3n) is 2.93. The monoisotopic (exact) mass is 236 g/mol. The van der Waals surface area contributed by atoms with Gasteiger partial charge in [0.25, 0.3) is 0 Å². The fourth-order valence-corrected chi connectivity index (χ4v) is 2.03. The molecule has 3 heteroatoms. The number of hydrogen-bond acceptors (Lipinski definition) is 2. The van der Waals surface area contributed by atoms with Crippen LogP contribution >= 0.6 is 0 Å². The van der Waals surface area contributed by atoms with E-state index in [9.17, 15) is 15.0 Å². The lowest BCUT2D eigenvalue weighted by atomic mass is 9.79. The lowest BCUT2D eigenvalue weighted by Gasteiger charge is -2.25. The first kappa shape index (κ1) is 13.6. The van der Waals surface area contributed by atoms with Crippen molar-refractivity contribution in [1.29, 1.82) is 0 Å². The average Bonchev–Trinajstić information content (AvgIpc) is 2.19. The second-order valence-corrected chi connectivity index (χ2v) is 5.32. The van der Waals surface area contributed by atoms with Gasteiger partial charge in [0.1, 0.15) is 5.75 Å². The standard InChI is InChI=1S/C14H20O3/c1-5-10(13(16)17)11-7-6-9(15)8-12(11)14(2,3)4/h6-8,10,15H,5H2,1-4H3,(H,16,17). The van der Waals surface area contributed by atoms with Crippen molar-refractivity contribution in [1.82, 2.24) is 0 Å². The molecule has 2 N–H and O–H groups in total. The van der Waals surface area contributed by atoms with E-state index in [-0.39, 0.29) is 11.2 Å². The maximum Gasteiger partial charge on any atom is 0.310 e. The van der Waals surface area contributed by atoms with Crippen molar-refractivity contribution < 1.29 is 15.0 Å². The van der Waals surface area contributed by atoms with Crippen LogP contribution in [0.2, 0.25) is 0 Å². The van der Waals surface area contributed by atoms with E-state index < -0.39 is 11.9 Å². The van der Waals surface area contributed by atoms with Crippen molar-refractivity contribution in [2.75, 3.05) is 0 Å². The van der Waals surface area contributed by atoms with E-state index in [1.165, 1.54) is 0 Å². The summed E-state index contributed by atoms with van der Waals surface area (Å²) in [6, 6.07) is 4.94. The lowest BCUT2D eigenvalue weighted by molar-refractivity contribution is -0.138. The zero-order valence-corrected chi connectivity index (χ0v) is 10.8. The molecule has 0 heterocycles. The van der Waals surface area contributed by atoms with E-state index in [1.54, 1.807) is 18.2 Å². The maximum absolute atomic E-state index is 11.2. The van der Waals surface area contributed by atoms with Gasteiger partial charge in [-0.2, -0.15) is 0 Å². The molecule has 0 aliphatic carbocycles. The predicted octanol–water partition coefficient (Wildman–Crippen LogP) is 3.27. The van der Waals surface area contributed by atoms with E-state index in [2.05, 4.69) is 0 Å². The predicted molar refractivity (Wildman–Crippen MR) is 67.5 cm³/mol. The van der Waals surface area contributed by atoms with Gasteiger partial charge in [-0.25, -0.2) is 0 Å². The molecule has 1 aromatic rings. The largest absolute Gasteiger partial charge is 0.508 e. The Bertz CT molecular complexity index is 416. The summed E-state index contributed by atoms with van der Waals surface area (Å²) in [6.45, 7) is 7.90. The molecular formula is C14H20O3. The molecule has 1 rings (SSSR count). The van der Waals surface area contributed by atoms with Gasteiger partial charge < -0.3 is 10.2 Å². The molecule has 94 valence electrons. The summed E-state index contributed by atoms with van der Waals surface area (Å²) in [6.07, 6.45) is 0.545. The summed E-state index contributed by atoms with van der Waals surface area (Å²) in [7, 11) is 0. The molecule has 0 bridgehead atoms. The Balaban J connectivity index is 3.37. The van der Waals surface area contributed by atoms with Crippen LogP contribution in [0.5, 0.6) is 5.75 Å². The van der Waals surface area contributed by atoms with E-state index >= 15 is 0 Å². The second-order valence-electron chi connectivity index (χ2n) is 5.32. The third-order valence-corrected chi connectivity index (χ3v) is 2.93. The van der Waals surface area contributed by atoms with Crippen LogP contribution in [-0.4, -0.2) is 16.2 Å². The quantitative estimate of drug-likeness (QED) is 0.846. The normalized spacial score (nSPS) is 13.4. The van der Waals surface area contributed by atoms with Gasteiger partial charge in [0, 0.05) is 0 Å². The molecule has 3 nitrogen and oxygen atoms in total. The number of aliphatic carboxylic acids is 1. The van der Waals surface area contributed by atoms with Crippen LogP contribution in [0.4, 0.5) is 0 Å². The van der Waals surface area contributed by atoms with Crippen LogP contribution in [0.15, 0.2) is 18.2 Å². The molecule has 17 heavy (non-hydrogen) atoms. The Labute approximate surface area is 102 Å². The van der Waals surface area contributed by atoms with Crippen molar-refractivity contribution in [2.24, 2.45) is 0 Å². The van der Waals surface area contributed by atoms with E-state index in [1.807, 2.05) is 27.7 Å². The van der Waals surface area contributed by atoms with Crippen LogP contribution < -0.4 is 0 Å². The minimum absolute atomic E-state index is 0.180. The zero-order valence-electron chi connectivity index (χ0n) is 10.8. The average molecular weight is 236 g/mol. The Morgan fingerprint density at radius 2 is 1.94 bits per heavy atom. The highest BCUT2D eigenvalue weighted by atomic mass is 16.4. The van der Waals surface area contributed by atoms with E-state index in [0.717, 1.165) is 11.1 Å². The van der Waals surface area contributed by atoms with E-state index in [0.29, 0.717) is 6.42 Å². The Morgan fingerprint density at radius 1 is 1.35 bits per heavy atom. The number of aromatic hydroxyl groups is 1. The van der Waals surface area contributed by atoms with Crippen molar-refractivity contribution in [3.8, 4) is 5.75 Å². The molecular weight excluding hydrogens is 216 g/mol. The fourth-order valence-electron chi connectivity index (χ4n) is 2.03. The molecule has 0 radical (unpaired) electrons. The minimum Gasteiger partial charge on any atom is -0.508 e. The van der Waals surface area contributed by atoms with Gasteiger partial charge in [-0.05, 0) is 35.1 Å². The number of carboxylic acids is 1. The number of hydrogen-bond donors (Lipinski definition) is 2. The number of carboxylic acid groups (broad SMARTS) is 1. The molecule has 0 saturated carbocycles. The van der Waals surface area contributed by atoms with Crippen LogP contribution in [0.1, 0.15) is 51.2 Å². The Morgan fingerprint density at radius 3 is 2.35 bits per heavy atom. The molecule has 0 fully saturated rings. The zero-order chi connectivity index (χ0) is 13.2. The SMILES string of the molecule is CCC(C(=O)O)c1ccc(O)cc1C(C)(C)C. The summed E-state index contributed by atoms with van der Waals surface area (Å²) in [5, 5.41) is 18.8. The molecule has 0 aromatic heterocycles. The summed E-state index contributed by atoms with van der Waals surface area (Å²) < 4.78 is 0. The smallest absolute Gasteiger partial charge is 0.310 e. The van der Waals surface area contributed by atoms with Gasteiger partial charge in [0.05, 0.1) is 5.92 Å². The molecule has 0 aliphatic heterocycles. The van der Waals surface area contributed by atoms with Crippen molar-refractivity contribution in [2.45, 2.75) is 45.4 Å². The Kier molecular flexibility index (Phi) is 3.81. The lowest BCUT2D eigenvalue weighted by Crippen LogP contribution is -2.19. The first-order chi connectivity index (χ1) is 7.77. The summed E-state index contributed by atoms with van der Waals surface area (Å²) in [5.41, 5.74) is 1.51.